The highest BCUT2D eigenvalue weighted by Gasteiger charge is 2.55. The second-order valence-corrected chi connectivity index (χ2v) is 6.67. The molecule has 0 spiro atoms. The number of carbonyl (C=O) groups excluding carboxylic acids is 1. The van der Waals surface area contributed by atoms with Crippen molar-refractivity contribution in [3.8, 4) is 0 Å². The van der Waals surface area contributed by atoms with Crippen LogP contribution in [0.2, 0.25) is 0 Å². The van der Waals surface area contributed by atoms with Gasteiger partial charge in [0.25, 0.3) is 0 Å². The number of likely N-dealkylation sites (tertiary alicyclic amines) is 1. The summed E-state index contributed by atoms with van der Waals surface area (Å²) < 4.78 is 0. The number of carbonyl (C=O) groups is 2. The Kier molecular flexibility index (Phi) is 3.94. The molecule has 1 aromatic carbocycles. The number of hydrogen-bond donors (Lipinski definition) is 1. The monoisotopic (exact) mass is 301 g/mol. The summed E-state index contributed by atoms with van der Waals surface area (Å²) in [6, 6.07) is 8.11. The van der Waals surface area contributed by atoms with Crippen molar-refractivity contribution in [2.24, 2.45) is 11.3 Å². The summed E-state index contributed by atoms with van der Waals surface area (Å²) in [5, 5.41) is 9.58. The van der Waals surface area contributed by atoms with Crippen molar-refractivity contribution in [3.63, 3.8) is 0 Å². The van der Waals surface area contributed by atoms with E-state index in [-0.39, 0.29) is 11.8 Å². The number of amides is 1. The Hall–Kier alpha value is -1.84. The minimum atomic E-state index is -0.724. The minimum absolute atomic E-state index is 0.0549. The van der Waals surface area contributed by atoms with E-state index in [0.717, 1.165) is 24.8 Å². The van der Waals surface area contributed by atoms with Crippen LogP contribution in [0.3, 0.4) is 0 Å². The Morgan fingerprint density at radius 3 is 2.55 bits per heavy atom. The van der Waals surface area contributed by atoms with Gasteiger partial charge in [-0.1, -0.05) is 37.6 Å². The molecule has 3 rings (SSSR count). The van der Waals surface area contributed by atoms with Crippen LogP contribution in [-0.4, -0.2) is 35.0 Å². The maximum atomic E-state index is 12.5. The van der Waals surface area contributed by atoms with Gasteiger partial charge in [0.05, 0.1) is 11.8 Å². The predicted octanol–water partition coefficient (Wildman–Crippen LogP) is 2.50. The zero-order valence-electron chi connectivity index (χ0n) is 13.0. The van der Waals surface area contributed by atoms with Crippen molar-refractivity contribution in [1.82, 2.24) is 4.90 Å². The lowest BCUT2D eigenvalue weighted by Gasteiger charge is -2.23. The number of nitrogens with zero attached hydrogens (tertiary/aromatic N) is 1. The lowest BCUT2D eigenvalue weighted by molar-refractivity contribution is -0.149. The normalized spacial score (nSPS) is 27.0. The van der Waals surface area contributed by atoms with E-state index >= 15 is 0 Å². The number of aryl methyl sites for hydroxylation is 1. The molecule has 1 N–H and O–H groups in total. The first-order chi connectivity index (χ1) is 10.5. The molecule has 1 heterocycles. The molecule has 22 heavy (non-hydrogen) atoms. The van der Waals surface area contributed by atoms with E-state index in [9.17, 15) is 14.7 Å². The van der Waals surface area contributed by atoms with Gasteiger partial charge in [-0.3, -0.25) is 9.59 Å². The molecule has 0 bridgehead atoms. The van der Waals surface area contributed by atoms with Gasteiger partial charge in [-0.15, -0.1) is 0 Å². The Bertz CT molecular complexity index is 580. The van der Waals surface area contributed by atoms with Crippen molar-refractivity contribution in [2.45, 2.75) is 39.0 Å². The second kappa shape index (κ2) is 5.75. The SMILES string of the molecule is CCc1ccc(CC(=O)N2C[C@@H]3CCC[C@@]3(C(=O)O)C2)cc1. The fraction of sp³-hybridized carbons (Fsp3) is 0.556. The van der Waals surface area contributed by atoms with Gasteiger partial charge in [0.2, 0.25) is 5.91 Å². The Labute approximate surface area is 131 Å². The highest BCUT2D eigenvalue weighted by Crippen LogP contribution is 2.48. The fourth-order valence-electron chi connectivity index (χ4n) is 4.01. The summed E-state index contributed by atoms with van der Waals surface area (Å²) in [5.41, 5.74) is 1.59. The zero-order chi connectivity index (χ0) is 15.7. The number of carboxylic acid groups (broad SMARTS) is 1. The van der Waals surface area contributed by atoms with Crippen LogP contribution in [0.4, 0.5) is 0 Å². The summed E-state index contributed by atoms with van der Waals surface area (Å²) in [4.78, 5) is 25.9. The minimum Gasteiger partial charge on any atom is -0.481 e. The van der Waals surface area contributed by atoms with Gasteiger partial charge in [0.1, 0.15) is 0 Å². The van der Waals surface area contributed by atoms with Crippen molar-refractivity contribution in [3.05, 3.63) is 35.4 Å². The van der Waals surface area contributed by atoms with Gasteiger partial charge in [-0.2, -0.15) is 0 Å². The average molecular weight is 301 g/mol. The molecule has 2 fully saturated rings. The van der Waals surface area contributed by atoms with Crippen molar-refractivity contribution >= 4 is 11.9 Å². The molecule has 2 aliphatic rings. The van der Waals surface area contributed by atoms with Crippen molar-refractivity contribution in [1.29, 1.82) is 0 Å². The third-order valence-corrected chi connectivity index (χ3v) is 5.44. The Morgan fingerprint density at radius 1 is 1.27 bits per heavy atom. The zero-order valence-corrected chi connectivity index (χ0v) is 13.0. The average Bonchev–Trinajstić information content (AvgIpc) is 3.06. The molecule has 2 atom stereocenters. The van der Waals surface area contributed by atoms with Gasteiger partial charge < -0.3 is 10.0 Å². The van der Waals surface area contributed by atoms with Crippen molar-refractivity contribution < 1.29 is 14.7 Å². The van der Waals surface area contributed by atoms with Gasteiger partial charge in [0, 0.05) is 13.1 Å². The van der Waals surface area contributed by atoms with E-state index < -0.39 is 11.4 Å². The summed E-state index contributed by atoms with van der Waals surface area (Å²) in [6.07, 6.45) is 3.97. The maximum Gasteiger partial charge on any atom is 0.311 e. The molecule has 4 nitrogen and oxygen atoms in total. The van der Waals surface area contributed by atoms with Crippen LogP contribution in [-0.2, 0) is 22.4 Å². The largest absolute Gasteiger partial charge is 0.481 e. The third kappa shape index (κ3) is 2.51. The molecule has 1 amide bonds. The fourth-order valence-corrected chi connectivity index (χ4v) is 4.01. The summed E-state index contributed by atoms with van der Waals surface area (Å²) in [5.74, 6) is -0.534. The van der Waals surface area contributed by atoms with Gasteiger partial charge in [0.15, 0.2) is 0 Å². The first-order valence-electron chi connectivity index (χ1n) is 8.14. The third-order valence-electron chi connectivity index (χ3n) is 5.44. The number of benzene rings is 1. The summed E-state index contributed by atoms with van der Waals surface area (Å²) in [7, 11) is 0. The molecule has 1 aromatic rings. The van der Waals surface area contributed by atoms with Gasteiger partial charge >= 0.3 is 5.97 Å². The number of aliphatic carboxylic acids is 1. The smallest absolute Gasteiger partial charge is 0.311 e. The maximum absolute atomic E-state index is 12.5. The highest BCUT2D eigenvalue weighted by molar-refractivity contribution is 5.82. The van der Waals surface area contributed by atoms with E-state index in [1.807, 2.05) is 12.1 Å². The lowest BCUT2D eigenvalue weighted by atomic mass is 9.81. The van der Waals surface area contributed by atoms with Gasteiger partial charge in [-0.25, -0.2) is 0 Å². The van der Waals surface area contributed by atoms with Crippen LogP contribution >= 0.6 is 0 Å². The Balaban J connectivity index is 1.67. The number of carboxylic acids is 1. The molecule has 1 saturated heterocycles. The molecular weight excluding hydrogens is 278 g/mol. The number of hydrogen-bond acceptors (Lipinski definition) is 2. The molecule has 1 aliphatic carbocycles. The standard InChI is InChI=1S/C18H23NO3/c1-2-13-5-7-14(8-6-13)10-16(20)19-11-15-4-3-9-18(15,12-19)17(21)22/h5-8,15H,2-4,9-12H2,1H3,(H,21,22)/t15-,18+/m0/s1. The molecule has 1 aliphatic heterocycles. The van der Waals surface area contributed by atoms with Gasteiger partial charge in [-0.05, 0) is 36.3 Å². The van der Waals surface area contributed by atoms with E-state index in [0.29, 0.717) is 25.9 Å². The molecular formula is C18H23NO3. The molecule has 0 unspecified atom stereocenters. The van der Waals surface area contributed by atoms with Crippen LogP contribution in [0.1, 0.15) is 37.3 Å². The highest BCUT2D eigenvalue weighted by atomic mass is 16.4. The quantitative estimate of drug-likeness (QED) is 0.929. The topological polar surface area (TPSA) is 57.6 Å². The van der Waals surface area contributed by atoms with Crippen LogP contribution in [0.5, 0.6) is 0 Å². The summed E-state index contributed by atoms with van der Waals surface area (Å²) >= 11 is 0. The molecule has 1 saturated carbocycles. The predicted molar refractivity (Wildman–Crippen MR) is 83.5 cm³/mol. The van der Waals surface area contributed by atoms with E-state index in [4.69, 9.17) is 0 Å². The lowest BCUT2D eigenvalue weighted by Crippen LogP contribution is -2.37. The number of rotatable bonds is 4. The second-order valence-electron chi connectivity index (χ2n) is 6.67. The Morgan fingerprint density at radius 2 is 1.95 bits per heavy atom. The van der Waals surface area contributed by atoms with Crippen LogP contribution in [0.25, 0.3) is 0 Å². The summed E-state index contributed by atoms with van der Waals surface area (Å²) in [6.45, 7) is 3.10. The molecule has 4 heteroatoms. The van der Waals surface area contributed by atoms with E-state index in [1.165, 1.54) is 5.56 Å². The van der Waals surface area contributed by atoms with E-state index in [1.54, 1.807) is 4.90 Å². The van der Waals surface area contributed by atoms with Crippen molar-refractivity contribution in [2.75, 3.05) is 13.1 Å². The first-order valence-corrected chi connectivity index (χ1v) is 8.14. The molecule has 0 aromatic heterocycles. The van der Waals surface area contributed by atoms with Crippen LogP contribution in [0, 0.1) is 11.3 Å². The molecule has 0 radical (unpaired) electrons. The van der Waals surface area contributed by atoms with E-state index in [2.05, 4.69) is 19.1 Å². The number of fused-ring (bicyclic) bond motifs is 1. The first kappa shape index (κ1) is 15.1. The van der Waals surface area contributed by atoms with Crippen LogP contribution in [0.15, 0.2) is 24.3 Å². The van der Waals surface area contributed by atoms with Crippen LogP contribution < -0.4 is 0 Å². The molecule has 118 valence electrons.